The van der Waals surface area contributed by atoms with Crippen LogP contribution in [0.1, 0.15) is 37.3 Å². The summed E-state index contributed by atoms with van der Waals surface area (Å²) in [6.45, 7) is 6.40. The third kappa shape index (κ3) is 5.11. The topological polar surface area (TPSA) is 68.0 Å². The summed E-state index contributed by atoms with van der Waals surface area (Å²) in [5.74, 6) is 2.01. The van der Waals surface area contributed by atoms with Gasteiger partial charge in [-0.25, -0.2) is 0 Å². The average molecular weight is 449 g/mol. The summed E-state index contributed by atoms with van der Waals surface area (Å²) in [5.41, 5.74) is 2.88. The largest absolute Gasteiger partial charge is 0.507 e. The second-order valence-electron chi connectivity index (χ2n) is 8.14. The molecule has 0 saturated carbocycles. The summed E-state index contributed by atoms with van der Waals surface area (Å²) in [5, 5.41) is 17.7. The molecule has 0 aliphatic heterocycles. The Bertz CT molecular complexity index is 1210. The van der Waals surface area contributed by atoms with Crippen molar-refractivity contribution in [2.45, 2.75) is 39.3 Å². The second-order valence-corrected chi connectivity index (χ2v) is 8.52. The van der Waals surface area contributed by atoms with Gasteiger partial charge in [0, 0.05) is 18.9 Å². The molecule has 2 N–H and O–H groups in total. The lowest BCUT2D eigenvalue weighted by Gasteiger charge is -2.12. The minimum absolute atomic E-state index is 0.188. The molecule has 0 spiro atoms. The van der Waals surface area contributed by atoms with Crippen LogP contribution in [0.4, 0.5) is 0 Å². The van der Waals surface area contributed by atoms with E-state index in [0.29, 0.717) is 35.2 Å². The molecule has 0 saturated heterocycles. The highest BCUT2D eigenvalue weighted by Gasteiger charge is 2.15. The molecule has 0 unspecified atom stereocenters. The summed E-state index contributed by atoms with van der Waals surface area (Å²) < 4.78 is 10.4. The number of nitrogens with one attached hydrogen (secondary N) is 1. The third-order valence-corrected chi connectivity index (χ3v) is 5.76. The van der Waals surface area contributed by atoms with Gasteiger partial charge in [0.1, 0.15) is 11.5 Å². The first-order chi connectivity index (χ1) is 15.5. The second kappa shape index (κ2) is 9.87. The molecule has 7 heteroatoms. The fraction of sp³-hybridized carbons (Fsp3) is 0.280. The molecule has 0 aliphatic carbocycles. The van der Waals surface area contributed by atoms with E-state index in [1.54, 1.807) is 6.07 Å². The van der Waals surface area contributed by atoms with Gasteiger partial charge in [0.15, 0.2) is 10.6 Å². The van der Waals surface area contributed by atoms with Gasteiger partial charge < -0.3 is 14.4 Å². The van der Waals surface area contributed by atoms with Crippen LogP contribution in [-0.2, 0) is 13.1 Å². The van der Waals surface area contributed by atoms with Crippen LogP contribution in [0, 0.1) is 4.77 Å². The summed E-state index contributed by atoms with van der Waals surface area (Å²) in [6.07, 6.45) is 5.06. The van der Waals surface area contributed by atoms with Crippen LogP contribution >= 0.6 is 12.2 Å². The first kappa shape index (κ1) is 21.9. The van der Waals surface area contributed by atoms with E-state index < -0.39 is 0 Å². The summed E-state index contributed by atoms with van der Waals surface area (Å²) in [4.78, 5) is 0. The number of aromatic nitrogens is 4. The van der Waals surface area contributed by atoms with E-state index in [-0.39, 0.29) is 5.75 Å². The number of aromatic amines is 1. The summed E-state index contributed by atoms with van der Waals surface area (Å²) >= 11 is 5.47. The quantitative estimate of drug-likeness (QED) is 0.252. The number of aromatic hydroxyl groups is 1. The predicted molar refractivity (Wildman–Crippen MR) is 129 cm³/mol. The fourth-order valence-electron chi connectivity index (χ4n) is 3.59. The molecule has 0 aliphatic rings. The molecule has 2 aromatic carbocycles. The molecule has 6 nitrogen and oxygen atoms in total. The van der Waals surface area contributed by atoms with Gasteiger partial charge in [-0.15, -0.1) is 0 Å². The molecule has 4 rings (SSSR count). The highest BCUT2D eigenvalue weighted by atomic mass is 32.1. The Morgan fingerprint density at radius 3 is 2.56 bits per heavy atom. The number of hydrogen-bond acceptors (Lipinski definition) is 4. The number of rotatable bonds is 9. The molecule has 166 valence electrons. The van der Waals surface area contributed by atoms with Crippen LogP contribution in [0.2, 0.25) is 0 Å². The molecule has 32 heavy (non-hydrogen) atoms. The third-order valence-electron chi connectivity index (χ3n) is 5.45. The van der Waals surface area contributed by atoms with E-state index in [0.717, 1.165) is 29.8 Å². The van der Waals surface area contributed by atoms with E-state index in [4.69, 9.17) is 17.0 Å². The Morgan fingerprint density at radius 1 is 1.09 bits per heavy atom. The first-order valence-electron chi connectivity index (χ1n) is 10.8. The number of phenols is 1. The SMILES string of the molecule is CC(C)c1ccc(O)c(-c2n[nH]c(=S)n2Cc2ccc(OCCCn3cccc3)cc2)c1. The number of hydrogen-bond donors (Lipinski definition) is 2. The van der Waals surface area contributed by atoms with E-state index in [1.165, 1.54) is 0 Å². The van der Waals surface area contributed by atoms with Crippen molar-refractivity contribution in [3.05, 3.63) is 82.9 Å². The lowest BCUT2D eigenvalue weighted by molar-refractivity contribution is 0.302. The van der Waals surface area contributed by atoms with Gasteiger partial charge in [-0.2, -0.15) is 5.10 Å². The van der Waals surface area contributed by atoms with Gasteiger partial charge in [-0.3, -0.25) is 9.67 Å². The Hall–Kier alpha value is -3.32. The minimum Gasteiger partial charge on any atom is -0.507 e. The highest BCUT2D eigenvalue weighted by molar-refractivity contribution is 7.71. The van der Waals surface area contributed by atoms with Crippen molar-refractivity contribution in [1.82, 2.24) is 19.3 Å². The molecule has 0 bridgehead atoms. The van der Waals surface area contributed by atoms with Crippen LogP contribution in [0.25, 0.3) is 11.4 Å². The van der Waals surface area contributed by atoms with Crippen molar-refractivity contribution in [3.63, 3.8) is 0 Å². The number of ether oxygens (including phenoxy) is 1. The van der Waals surface area contributed by atoms with Gasteiger partial charge in [-0.1, -0.05) is 32.0 Å². The van der Waals surface area contributed by atoms with Crippen molar-refractivity contribution in [1.29, 1.82) is 0 Å². The normalized spacial score (nSPS) is 11.2. The summed E-state index contributed by atoms with van der Waals surface area (Å²) in [7, 11) is 0. The zero-order chi connectivity index (χ0) is 22.5. The van der Waals surface area contributed by atoms with E-state index in [1.807, 2.05) is 53.1 Å². The maximum absolute atomic E-state index is 10.5. The van der Waals surface area contributed by atoms with Crippen LogP contribution in [-0.4, -0.2) is 31.0 Å². The van der Waals surface area contributed by atoms with E-state index in [2.05, 4.69) is 41.0 Å². The fourth-order valence-corrected chi connectivity index (χ4v) is 3.79. The molecule has 4 aromatic rings. The number of H-pyrrole nitrogens is 1. The van der Waals surface area contributed by atoms with E-state index in [9.17, 15) is 5.11 Å². The van der Waals surface area contributed by atoms with Crippen LogP contribution < -0.4 is 4.74 Å². The molecular weight excluding hydrogens is 420 g/mol. The Balaban J connectivity index is 1.44. The number of nitrogens with zero attached hydrogens (tertiary/aromatic N) is 3. The van der Waals surface area contributed by atoms with Crippen molar-refractivity contribution < 1.29 is 9.84 Å². The van der Waals surface area contributed by atoms with Crippen LogP contribution in [0.3, 0.4) is 0 Å². The van der Waals surface area contributed by atoms with Gasteiger partial charge >= 0.3 is 0 Å². The molecule has 0 fully saturated rings. The lowest BCUT2D eigenvalue weighted by atomic mass is 10.00. The Morgan fingerprint density at radius 2 is 1.84 bits per heavy atom. The summed E-state index contributed by atoms with van der Waals surface area (Å²) in [6, 6.07) is 17.7. The smallest absolute Gasteiger partial charge is 0.195 e. The molecule has 2 heterocycles. The molecule has 0 atom stereocenters. The van der Waals surface area contributed by atoms with Crippen molar-refractivity contribution >= 4 is 12.2 Å². The van der Waals surface area contributed by atoms with Crippen LogP contribution in [0.15, 0.2) is 67.0 Å². The number of benzene rings is 2. The maximum Gasteiger partial charge on any atom is 0.195 e. The molecular formula is C25H28N4O2S. The first-order valence-corrected chi connectivity index (χ1v) is 11.2. The average Bonchev–Trinajstić information content (AvgIpc) is 3.43. The Kier molecular flexibility index (Phi) is 6.75. The van der Waals surface area contributed by atoms with Crippen molar-refractivity contribution in [2.75, 3.05) is 6.61 Å². The van der Waals surface area contributed by atoms with Gasteiger partial charge in [0.2, 0.25) is 0 Å². The predicted octanol–water partition coefficient (Wildman–Crippen LogP) is 5.76. The van der Waals surface area contributed by atoms with Gasteiger partial charge in [0.25, 0.3) is 0 Å². The number of phenolic OH excluding ortho intramolecular Hbond substituents is 1. The minimum atomic E-state index is 0.188. The zero-order valence-electron chi connectivity index (χ0n) is 18.4. The molecule has 2 aromatic heterocycles. The highest BCUT2D eigenvalue weighted by Crippen LogP contribution is 2.31. The van der Waals surface area contributed by atoms with Crippen LogP contribution in [0.5, 0.6) is 11.5 Å². The number of aryl methyl sites for hydroxylation is 1. The lowest BCUT2D eigenvalue weighted by Crippen LogP contribution is -2.04. The maximum atomic E-state index is 10.5. The van der Waals surface area contributed by atoms with E-state index >= 15 is 0 Å². The van der Waals surface area contributed by atoms with Crippen molar-refractivity contribution in [3.8, 4) is 22.9 Å². The van der Waals surface area contributed by atoms with Crippen molar-refractivity contribution in [2.24, 2.45) is 0 Å². The zero-order valence-corrected chi connectivity index (χ0v) is 19.2. The van der Waals surface area contributed by atoms with Gasteiger partial charge in [0.05, 0.1) is 18.7 Å². The standard InChI is InChI=1S/C25H28N4O2S/c1-18(2)20-8-11-23(30)22(16-20)24-26-27-25(32)29(24)17-19-6-9-21(10-7-19)31-15-5-14-28-12-3-4-13-28/h3-4,6-13,16,18,30H,5,14-15,17H2,1-2H3,(H,27,32). The monoisotopic (exact) mass is 448 g/mol. The molecule has 0 amide bonds. The molecule has 0 radical (unpaired) electrons. The van der Waals surface area contributed by atoms with Gasteiger partial charge in [-0.05, 0) is 72.1 Å². The Labute approximate surface area is 193 Å².